The van der Waals surface area contributed by atoms with Crippen molar-refractivity contribution < 1.29 is 24.2 Å². The molecule has 0 saturated heterocycles. The predicted molar refractivity (Wildman–Crippen MR) is 57.2 cm³/mol. The van der Waals surface area contributed by atoms with Crippen LogP contribution in [0.2, 0.25) is 0 Å². The molecule has 16 heavy (non-hydrogen) atoms. The molecule has 1 unspecified atom stereocenters. The maximum Gasteiger partial charge on any atom is 0.407 e. The molecule has 0 fully saturated rings. The van der Waals surface area contributed by atoms with Gasteiger partial charge in [-0.1, -0.05) is 12.7 Å². The van der Waals surface area contributed by atoms with Gasteiger partial charge < -0.3 is 19.9 Å². The first-order valence-electron chi connectivity index (χ1n) is 4.70. The number of carbonyl (C=O) groups is 2. The van der Waals surface area contributed by atoms with Gasteiger partial charge in [-0.3, -0.25) is 4.79 Å². The standard InChI is InChI=1S/C10H17NO5/c1-4-5-16-9(14)11-10(2,7-15-3)6-8(12)13/h4H,1,5-7H2,2-3H3,(H,11,14)(H,12,13). The first kappa shape index (κ1) is 14.4. The highest BCUT2D eigenvalue weighted by molar-refractivity contribution is 5.72. The number of carbonyl (C=O) groups excluding carboxylic acids is 1. The van der Waals surface area contributed by atoms with Gasteiger partial charge in [-0.15, -0.1) is 0 Å². The van der Waals surface area contributed by atoms with E-state index in [0.717, 1.165) is 0 Å². The summed E-state index contributed by atoms with van der Waals surface area (Å²) in [6.45, 7) is 5.12. The molecule has 0 bridgehead atoms. The molecule has 0 aromatic carbocycles. The molecule has 0 aromatic rings. The molecule has 0 heterocycles. The van der Waals surface area contributed by atoms with E-state index < -0.39 is 17.6 Å². The van der Waals surface area contributed by atoms with E-state index in [1.807, 2.05) is 0 Å². The fourth-order valence-electron chi connectivity index (χ4n) is 1.20. The van der Waals surface area contributed by atoms with Gasteiger partial charge in [0.1, 0.15) is 6.61 Å². The van der Waals surface area contributed by atoms with Crippen molar-refractivity contribution in [3.8, 4) is 0 Å². The molecule has 0 aromatic heterocycles. The van der Waals surface area contributed by atoms with Crippen LogP contribution in [0.1, 0.15) is 13.3 Å². The van der Waals surface area contributed by atoms with Crippen LogP contribution in [-0.4, -0.2) is 43.0 Å². The fraction of sp³-hybridized carbons (Fsp3) is 0.600. The molecule has 0 spiro atoms. The summed E-state index contributed by atoms with van der Waals surface area (Å²) < 4.78 is 9.56. The predicted octanol–water partition coefficient (Wildman–Crippen LogP) is 0.778. The minimum atomic E-state index is -1.02. The van der Waals surface area contributed by atoms with Crippen LogP contribution in [0, 0.1) is 0 Å². The second kappa shape index (κ2) is 6.84. The fourth-order valence-corrected chi connectivity index (χ4v) is 1.20. The number of hydrogen-bond acceptors (Lipinski definition) is 4. The van der Waals surface area contributed by atoms with Gasteiger partial charge in [0.15, 0.2) is 0 Å². The zero-order valence-corrected chi connectivity index (χ0v) is 9.49. The number of aliphatic carboxylic acids is 1. The third-order valence-corrected chi connectivity index (χ3v) is 1.74. The number of carboxylic acid groups (broad SMARTS) is 1. The van der Waals surface area contributed by atoms with E-state index in [1.54, 1.807) is 6.92 Å². The van der Waals surface area contributed by atoms with Crippen LogP contribution in [0.4, 0.5) is 4.79 Å². The van der Waals surface area contributed by atoms with Crippen LogP contribution in [0.25, 0.3) is 0 Å². The normalized spacial score (nSPS) is 13.6. The molecule has 1 atom stereocenters. The summed E-state index contributed by atoms with van der Waals surface area (Å²) >= 11 is 0. The van der Waals surface area contributed by atoms with Crippen molar-refractivity contribution >= 4 is 12.1 Å². The highest BCUT2D eigenvalue weighted by Crippen LogP contribution is 2.10. The zero-order chi connectivity index (χ0) is 12.6. The number of rotatable bonds is 7. The van der Waals surface area contributed by atoms with E-state index in [1.165, 1.54) is 13.2 Å². The molecular weight excluding hydrogens is 214 g/mol. The molecule has 2 N–H and O–H groups in total. The Balaban J connectivity index is 4.35. The molecule has 0 aliphatic heterocycles. The summed E-state index contributed by atoms with van der Waals surface area (Å²) in [6, 6.07) is 0. The first-order chi connectivity index (χ1) is 7.43. The lowest BCUT2D eigenvalue weighted by Gasteiger charge is -2.27. The molecule has 0 saturated carbocycles. The van der Waals surface area contributed by atoms with Crippen molar-refractivity contribution in [1.29, 1.82) is 0 Å². The summed E-state index contributed by atoms with van der Waals surface area (Å²) in [5.74, 6) is -1.02. The van der Waals surface area contributed by atoms with Crippen LogP contribution >= 0.6 is 0 Å². The van der Waals surface area contributed by atoms with E-state index in [0.29, 0.717) is 0 Å². The maximum atomic E-state index is 11.2. The highest BCUT2D eigenvalue weighted by Gasteiger charge is 2.30. The number of hydrogen-bond donors (Lipinski definition) is 2. The number of amides is 1. The smallest absolute Gasteiger partial charge is 0.407 e. The van der Waals surface area contributed by atoms with E-state index in [-0.39, 0.29) is 19.6 Å². The van der Waals surface area contributed by atoms with E-state index >= 15 is 0 Å². The number of methoxy groups -OCH3 is 1. The Hall–Kier alpha value is -1.56. The summed E-state index contributed by atoms with van der Waals surface area (Å²) in [6.07, 6.45) is 0.481. The van der Waals surface area contributed by atoms with Crippen LogP contribution < -0.4 is 5.32 Å². The third kappa shape index (κ3) is 6.02. The quantitative estimate of drug-likeness (QED) is 0.632. The largest absolute Gasteiger partial charge is 0.481 e. The van der Waals surface area contributed by atoms with Gasteiger partial charge in [-0.05, 0) is 6.92 Å². The topological polar surface area (TPSA) is 84.9 Å². The lowest BCUT2D eigenvalue weighted by Crippen LogP contribution is -2.50. The van der Waals surface area contributed by atoms with Crippen molar-refractivity contribution in [2.24, 2.45) is 0 Å². The zero-order valence-electron chi connectivity index (χ0n) is 9.49. The number of alkyl carbamates (subject to hydrolysis) is 1. The van der Waals surface area contributed by atoms with Crippen molar-refractivity contribution in [3.63, 3.8) is 0 Å². The Morgan fingerprint density at radius 1 is 1.56 bits per heavy atom. The molecule has 92 valence electrons. The molecule has 0 rings (SSSR count). The van der Waals surface area contributed by atoms with Crippen molar-refractivity contribution in [2.45, 2.75) is 18.9 Å². The Labute approximate surface area is 94.2 Å². The molecule has 6 heteroatoms. The number of carboxylic acids is 1. The Morgan fingerprint density at radius 2 is 2.19 bits per heavy atom. The van der Waals surface area contributed by atoms with Gasteiger partial charge >= 0.3 is 12.1 Å². The van der Waals surface area contributed by atoms with Crippen molar-refractivity contribution in [1.82, 2.24) is 5.32 Å². The molecule has 6 nitrogen and oxygen atoms in total. The van der Waals surface area contributed by atoms with E-state index in [2.05, 4.69) is 11.9 Å². The Kier molecular flexibility index (Phi) is 6.17. The second-order valence-electron chi connectivity index (χ2n) is 3.58. The van der Waals surface area contributed by atoms with Crippen LogP contribution in [0.5, 0.6) is 0 Å². The maximum absolute atomic E-state index is 11.2. The average Bonchev–Trinajstić information content (AvgIpc) is 2.13. The molecule has 0 radical (unpaired) electrons. The van der Waals surface area contributed by atoms with Crippen LogP contribution in [0.15, 0.2) is 12.7 Å². The molecule has 1 amide bonds. The number of nitrogens with one attached hydrogen (secondary N) is 1. The Bertz CT molecular complexity index is 266. The molecule has 0 aliphatic rings. The van der Waals surface area contributed by atoms with Gasteiger partial charge in [-0.25, -0.2) is 4.79 Å². The van der Waals surface area contributed by atoms with Crippen LogP contribution in [-0.2, 0) is 14.3 Å². The first-order valence-corrected chi connectivity index (χ1v) is 4.70. The highest BCUT2D eigenvalue weighted by atomic mass is 16.5. The second-order valence-corrected chi connectivity index (χ2v) is 3.58. The molecular formula is C10H17NO5. The number of ether oxygens (including phenoxy) is 2. The SMILES string of the molecule is C=CCOC(=O)NC(C)(COC)CC(=O)O. The minimum Gasteiger partial charge on any atom is -0.481 e. The van der Waals surface area contributed by atoms with Crippen molar-refractivity contribution in [3.05, 3.63) is 12.7 Å². The van der Waals surface area contributed by atoms with Crippen molar-refractivity contribution in [2.75, 3.05) is 20.3 Å². The lowest BCUT2D eigenvalue weighted by molar-refractivity contribution is -0.139. The average molecular weight is 231 g/mol. The van der Waals surface area contributed by atoms with Crippen LogP contribution in [0.3, 0.4) is 0 Å². The van der Waals surface area contributed by atoms with Gasteiger partial charge in [0.2, 0.25) is 0 Å². The van der Waals surface area contributed by atoms with Gasteiger partial charge in [-0.2, -0.15) is 0 Å². The van der Waals surface area contributed by atoms with E-state index in [4.69, 9.17) is 14.6 Å². The summed E-state index contributed by atoms with van der Waals surface area (Å²) in [4.78, 5) is 21.9. The summed E-state index contributed by atoms with van der Waals surface area (Å²) in [7, 11) is 1.43. The monoisotopic (exact) mass is 231 g/mol. The lowest BCUT2D eigenvalue weighted by atomic mass is 9.99. The van der Waals surface area contributed by atoms with Gasteiger partial charge in [0, 0.05) is 7.11 Å². The minimum absolute atomic E-state index is 0.0714. The Morgan fingerprint density at radius 3 is 2.62 bits per heavy atom. The van der Waals surface area contributed by atoms with Gasteiger partial charge in [0.25, 0.3) is 0 Å². The summed E-state index contributed by atoms with van der Waals surface area (Å²) in [5.41, 5.74) is -0.987. The van der Waals surface area contributed by atoms with E-state index in [9.17, 15) is 9.59 Å². The molecule has 0 aliphatic carbocycles. The van der Waals surface area contributed by atoms with Gasteiger partial charge in [0.05, 0.1) is 18.6 Å². The summed E-state index contributed by atoms with van der Waals surface area (Å²) in [5, 5.41) is 11.1. The third-order valence-electron chi connectivity index (χ3n) is 1.74.